The molecule has 0 spiro atoms. The van der Waals surface area contributed by atoms with E-state index in [2.05, 4.69) is 0 Å². The number of urea groups is 1. The molecule has 4 nitrogen and oxygen atoms in total. The van der Waals surface area contributed by atoms with E-state index in [1.54, 1.807) is 13.0 Å². The molecule has 0 saturated carbocycles. The summed E-state index contributed by atoms with van der Waals surface area (Å²) in [5, 5.41) is 2.01. The van der Waals surface area contributed by atoms with E-state index >= 15 is 0 Å². The molecule has 3 amide bonds. The first-order valence-electron chi connectivity index (χ1n) is 3.87. The Morgan fingerprint density at radius 3 is 2.42 bits per heavy atom. The Hall–Kier alpha value is -1.32. The number of imide groups is 1. The summed E-state index contributed by atoms with van der Waals surface area (Å²) in [5.74, 6) is -0.396. The van der Waals surface area contributed by atoms with Crippen LogP contribution >= 0.6 is 0 Å². The molecule has 0 rings (SSSR count). The van der Waals surface area contributed by atoms with Gasteiger partial charge in [0.2, 0.25) is 0 Å². The Morgan fingerprint density at radius 1 is 1.50 bits per heavy atom. The predicted octanol–water partition coefficient (Wildman–Crippen LogP) is 0.928. The number of carbonyl (C=O) groups excluding carboxylic acids is 2. The molecule has 0 aromatic carbocycles. The Kier molecular flexibility index (Phi) is 4.76. The van der Waals surface area contributed by atoms with Gasteiger partial charge >= 0.3 is 6.03 Å². The molecule has 0 saturated heterocycles. The van der Waals surface area contributed by atoms with Gasteiger partial charge in [-0.25, -0.2) is 4.79 Å². The Bertz CT molecular complexity index is 209. The fourth-order valence-corrected chi connectivity index (χ4v) is 0.850. The highest BCUT2D eigenvalue weighted by Gasteiger charge is 2.08. The number of allylic oxidation sites excluding steroid dienone is 1. The lowest BCUT2D eigenvalue weighted by Gasteiger charge is -2.03. The van der Waals surface area contributed by atoms with Crippen molar-refractivity contribution in [1.29, 1.82) is 0 Å². The first-order valence-corrected chi connectivity index (χ1v) is 3.87. The minimum Gasteiger partial charge on any atom is -0.351 e. The van der Waals surface area contributed by atoms with Gasteiger partial charge in [-0.3, -0.25) is 10.1 Å². The second-order valence-corrected chi connectivity index (χ2v) is 2.38. The van der Waals surface area contributed by atoms with Crippen molar-refractivity contribution in [1.82, 2.24) is 5.32 Å². The SMILES string of the molecule is CC=C(CCC)C(=O)NC(N)=O. The molecule has 0 aliphatic carbocycles. The van der Waals surface area contributed by atoms with Gasteiger partial charge in [0.1, 0.15) is 0 Å². The topological polar surface area (TPSA) is 72.2 Å². The van der Waals surface area contributed by atoms with Gasteiger partial charge in [-0.2, -0.15) is 0 Å². The van der Waals surface area contributed by atoms with Crippen LogP contribution < -0.4 is 11.1 Å². The van der Waals surface area contributed by atoms with Crippen molar-refractivity contribution in [2.75, 3.05) is 0 Å². The second kappa shape index (κ2) is 5.35. The predicted molar refractivity (Wildman–Crippen MR) is 46.4 cm³/mol. The molecular formula is C8H14N2O2. The third-order valence-corrected chi connectivity index (χ3v) is 1.40. The average molecular weight is 170 g/mol. The monoisotopic (exact) mass is 170 g/mol. The average Bonchev–Trinajstić information content (AvgIpc) is 1.98. The van der Waals surface area contributed by atoms with Crippen LogP contribution in [0.5, 0.6) is 0 Å². The summed E-state index contributed by atoms with van der Waals surface area (Å²) in [7, 11) is 0. The first-order chi connectivity index (χ1) is 5.61. The zero-order valence-electron chi connectivity index (χ0n) is 7.39. The molecule has 0 aromatic rings. The normalized spacial score (nSPS) is 11.0. The van der Waals surface area contributed by atoms with E-state index in [0.717, 1.165) is 6.42 Å². The van der Waals surface area contributed by atoms with Crippen LogP contribution in [0.25, 0.3) is 0 Å². The third kappa shape index (κ3) is 3.75. The van der Waals surface area contributed by atoms with E-state index in [0.29, 0.717) is 12.0 Å². The molecule has 68 valence electrons. The van der Waals surface area contributed by atoms with E-state index in [-0.39, 0.29) is 0 Å². The molecule has 0 radical (unpaired) electrons. The zero-order valence-corrected chi connectivity index (χ0v) is 7.39. The second-order valence-electron chi connectivity index (χ2n) is 2.38. The molecule has 0 aliphatic rings. The molecular weight excluding hydrogens is 156 g/mol. The number of nitrogens with one attached hydrogen (secondary N) is 1. The van der Waals surface area contributed by atoms with Gasteiger partial charge in [0.05, 0.1) is 0 Å². The van der Waals surface area contributed by atoms with Gasteiger partial charge in [0, 0.05) is 5.57 Å². The fraction of sp³-hybridized carbons (Fsp3) is 0.500. The molecule has 0 unspecified atom stereocenters. The van der Waals surface area contributed by atoms with E-state index in [9.17, 15) is 9.59 Å². The third-order valence-electron chi connectivity index (χ3n) is 1.40. The lowest BCUT2D eigenvalue weighted by molar-refractivity contribution is -0.116. The van der Waals surface area contributed by atoms with Crippen molar-refractivity contribution in [3.63, 3.8) is 0 Å². The van der Waals surface area contributed by atoms with Crippen molar-refractivity contribution in [3.05, 3.63) is 11.6 Å². The number of carbonyl (C=O) groups is 2. The summed E-state index contributed by atoms with van der Waals surface area (Å²) in [5.41, 5.74) is 5.38. The van der Waals surface area contributed by atoms with Gasteiger partial charge in [-0.05, 0) is 13.3 Å². The van der Waals surface area contributed by atoms with Crippen LogP contribution in [0, 0.1) is 0 Å². The standard InChI is InChI=1S/C8H14N2O2/c1-3-5-6(4-2)7(11)10-8(9)12/h4H,3,5H2,1-2H3,(H3,9,10,11,12). The van der Waals surface area contributed by atoms with Gasteiger partial charge in [0.25, 0.3) is 5.91 Å². The van der Waals surface area contributed by atoms with Crippen molar-refractivity contribution >= 4 is 11.9 Å². The smallest absolute Gasteiger partial charge is 0.319 e. The highest BCUT2D eigenvalue weighted by atomic mass is 16.2. The van der Waals surface area contributed by atoms with E-state index in [1.807, 2.05) is 12.2 Å². The summed E-state index contributed by atoms with van der Waals surface area (Å²) in [6, 6.07) is -0.810. The van der Waals surface area contributed by atoms with E-state index < -0.39 is 11.9 Å². The lowest BCUT2D eigenvalue weighted by atomic mass is 10.1. The largest absolute Gasteiger partial charge is 0.351 e. The zero-order chi connectivity index (χ0) is 9.56. The summed E-state index contributed by atoms with van der Waals surface area (Å²) >= 11 is 0. The van der Waals surface area contributed by atoms with Crippen LogP contribution in [0.4, 0.5) is 4.79 Å². The minimum absolute atomic E-state index is 0.396. The van der Waals surface area contributed by atoms with Crippen LogP contribution in [0.3, 0.4) is 0 Å². The van der Waals surface area contributed by atoms with Crippen molar-refractivity contribution < 1.29 is 9.59 Å². The maximum atomic E-state index is 11.1. The molecule has 0 atom stereocenters. The van der Waals surface area contributed by atoms with Crippen molar-refractivity contribution in [2.24, 2.45) is 5.73 Å². The van der Waals surface area contributed by atoms with Gasteiger partial charge in [-0.1, -0.05) is 19.4 Å². The highest BCUT2D eigenvalue weighted by Crippen LogP contribution is 2.03. The number of hydrogen-bond donors (Lipinski definition) is 2. The Labute approximate surface area is 71.8 Å². The molecule has 0 aromatic heterocycles. The summed E-state index contributed by atoms with van der Waals surface area (Å²) in [4.78, 5) is 21.4. The minimum atomic E-state index is -0.810. The molecule has 0 bridgehead atoms. The quantitative estimate of drug-likeness (QED) is 0.618. The van der Waals surface area contributed by atoms with Crippen LogP contribution in [0.1, 0.15) is 26.7 Å². The highest BCUT2D eigenvalue weighted by molar-refractivity contribution is 6.03. The number of amides is 3. The van der Waals surface area contributed by atoms with Crippen LogP contribution in [0.15, 0.2) is 11.6 Å². The van der Waals surface area contributed by atoms with Crippen molar-refractivity contribution in [3.8, 4) is 0 Å². The van der Waals surface area contributed by atoms with E-state index in [1.165, 1.54) is 0 Å². The number of hydrogen-bond acceptors (Lipinski definition) is 2. The maximum absolute atomic E-state index is 11.1. The van der Waals surface area contributed by atoms with Crippen LogP contribution in [0.2, 0.25) is 0 Å². The molecule has 0 fully saturated rings. The van der Waals surface area contributed by atoms with Gasteiger partial charge in [0.15, 0.2) is 0 Å². The van der Waals surface area contributed by atoms with Gasteiger partial charge in [-0.15, -0.1) is 0 Å². The van der Waals surface area contributed by atoms with Crippen molar-refractivity contribution in [2.45, 2.75) is 26.7 Å². The van der Waals surface area contributed by atoms with Crippen LogP contribution in [-0.2, 0) is 4.79 Å². The lowest BCUT2D eigenvalue weighted by Crippen LogP contribution is -2.35. The number of primary amides is 1. The van der Waals surface area contributed by atoms with Gasteiger partial charge < -0.3 is 5.73 Å². The molecule has 12 heavy (non-hydrogen) atoms. The number of nitrogens with two attached hydrogens (primary N) is 1. The summed E-state index contributed by atoms with van der Waals surface area (Å²) < 4.78 is 0. The number of rotatable bonds is 3. The fourth-order valence-electron chi connectivity index (χ4n) is 0.850. The molecule has 4 heteroatoms. The summed E-state index contributed by atoms with van der Waals surface area (Å²) in [6.07, 6.45) is 3.21. The first kappa shape index (κ1) is 10.7. The Balaban J connectivity index is 4.14. The van der Waals surface area contributed by atoms with Crippen LogP contribution in [-0.4, -0.2) is 11.9 Å². The maximum Gasteiger partial charge on any atom is 0.319 e. The van der Waals surface area contributed by atoms with E-state index in [4.69, 9.17) is 5.73 Å². The Morgan fingerprint density at radius 2 is 2.08 bits per heavy atom. The summed E-state index contributed by atoms with van der Waals surface area (Å²) in [6.45, 7) is 3.71. The molecule has 3 N–H and O–H groups in total. The molecule has 0 heterocycles. The molecule has 0 aliphatic heterocycles.